The summed E-state index contributed by atoms with van der Waals surface area (Å²) in [5, 5.41) is 13.5. The molecule has 0 bridgehead atoms. The fourth-order valence-electron chi connectivity index (χ4n) is 3.45. The van der Waals surface area contributed by atoms with E-state index in [9.17, 15) is 9.90 Å². The van der Waals surface area contributed by atoms with Crippen LogP contribution in [0.4, 0.5) is 0 Å². The molecule has 0 radical (unpaired) electrons. The minimum absolute atomic E-state index is 0.206. The van der Waals surface area contributed by atoms with E-state index in [2.05, 4.69) is 12.2 Å². The largest absolute Gasteiger partial charge is 0.388 e. The Morgan fingerprint density at radius 2 is 2.22 bits per heavy atom. The Labute approximate surface area is 110 Å². The molecule has 0 spiro atoms. The summed E-state index contributed by atoms with van der Waals surface area (Å²) in [5.41, 5.74) is -0.907. The monoisotopic (exact) mass is 254 g/mol. The highest BCUT2D eigenvalue weighted by atomic mass is 16.3. The van der Waals surface area contributed by atoms with Gasteiger partial charge in [-0.05, 0) is 39.2 Å². The number of carbonyl (C=O) groups excluding carboxylic acids is 1. The molecule has 2 unspecified atom stereocenters. The summed E-state index contributed by atoms with van der Waals surface area (Å²) in [7, 11) is 0. The number of β-amino-alcohol motifs (C(OH)–C–C–N with tert-alkyl or cyclic N) is 1. The van der Waals surface area contributed by atoms with Gasteiger partial charge in [-0.25, -0.2) is 0 Å². The Hall–Kier alpha value is -0.610. The highest BCUT2D eigenvalue weighted by Gasteiger charge is 2.44. The summed E-state index contributed by atoms with van der Waals surface area (Å²) >= 11 is 0. The number of carbonyl (C=O) groups is 1. The van der Waals surface area contributed by atoms with Gasteiger partial charge in [0.2, 0.25) is 5.91 Å². The highest BCUT2D eigenvalue weighted by Crippen LogP contribution is 2.35. The fraction of sp³-hybridized carbons (Fsp3) is 0.929. The Balaban J connectivity index is 2.09. The van der Waals surface area contributed by atoms with Crippen LogP contribution in [0.2, 0.25) is 0 Å². The van der Waals surface area contributed by atoms with E-state index in [1.165, 1.54) is 0 Å². The molecule has 2 N–H and O–H groups in total. The topological polar surface area (TPSA) is 52.6 Å². The number of rotatable bonds is 3. The van der Waals surface area contributed by atoms with Crippen LogP contribution in [-0.2, 0) is 4.79 Å². The van der Waals surface area contributed by atoms with Crippen molar-refractivity contribution in [3.05, 3.63) is 0 Å². The molecule has 2 fully saturated rings. The van der Waals surface area contributed by atoms with Crippen molar-refractivity contribution in [3.63, 3.8) is 0 Å². The average molecular weight is 254 g/mol. The maximum absolute atomic E-state index is 12.8. The standard InChI is InChI=1S/C14H26N2O2/c1-3-5-14(7-8-15-10-14)12(17)16-9-4-6-13(2,18)11-16/h15,18H,3-11H2,1-2H3. The van der Waals surface area contributed by atoms with Crippen LogP contribution >= 0.6 is 0 Å². The first-order chi connectivity index (χ1) is 8.49. The quantitative estimate of drug-likeness (QED) is 0.794. The van der Waals surface area contributed by atoms with Crippen molar-refractivity contribution in [1.29, 1.82) is 0 Å². The molecular formula is C14H26N2O2. The zero-order valence-corrected chi connectivity index (χ0v) is 11.7. The van der Waals surface area contributed by atoms with Crippen molar-refractivity contribution in [2.45, 2.75) is 51.6 Å². The molecule has 1 amide bonds. The Bertz CT molecular complexity index is 309. The van der Waals surface area contributed by atoms with Crippen LogP contribution in [0.25, 0.3) is 0 Å². The summed E-state index contributed by atoms with van der Waals surface area (Å²) < 4.78 is 0. The lowest BCUT2D eigenvalue weighted by Gasteiger charge is -2.41. The first-order valence-electron chi connectivity index (χ1n) is 7.22. The van der Waals surface area contributed by atoms with Crippen LogP contribution in [0.5, 0.6) is 0 Å². The number of amides is 1. The number of hydrogen-bond acceptors (Lipinski definition) is 3. The van der Waals surface area contributed by atoms with Gasteiger partial charge in [0.15, 0.2) is 0 Å². The predicted molar refractivity (Wildman–Crippen MR) is 71.3 cm³/mol. The lowest BCUT2D eigenvalue weighted by Crippen LogP contribution is -2.53. The molecule has 2 aliphatic rings. The minimum Gasteiger partial charge on any atom is -0.388 e. The van der Waals surface area contributed by atoms with Gasteiger partial charge in [-0.3, -0.25) is 4.79 Å². The van der Waals surface area contributed by atoms with E-state index < -0.39 is 5.60 Å². The van der Waals surface area contributed by atoms with Crippen LogP contribution in [0.15, 0.2) is 0 Å². The lowest BCUT2D eigenvalue weighted by atomic mass is 9.80. The molecule has 2 heterocycles. The van der Waals surface area contributed by atoms with Crippen LogP contribution in [0.1, 0.15) is 46.0 Å². The number of nitrogens with zero attached hydrogens (tertiary/aromatic N) is 1. The van der Waals surface area contributed by atoms with Crippen LogP contribution in [-0.4, -0.2) is 47.7 Å². The minimum atomic E-state index is -0.701. The Morgan fingerprint density at radius 3 is 2.78 bits per heavy atom. The number of nitrogens with one attached hydrogen (secondary N) is 1. The zero-order valence-electron chi connectivity index (χ0n) is 11.7. The molecule has 2 atom stereocenters. The molecular weight excluding hydrogens is 228 g/mol. The molecule has 4 nitrogen and oxygen atoms in total. The van der Waals surface area contributed by atoms with Crippen molar-refractivity contribution in [2.75, 3.05) is 26.2 Å². The molecule has 0 aromatic heterocycles. The molecule has 4 heteroatoms. The molecule has 18 heavy (non-hydrogen) atoms. The molecule has 0 aliphatic carbocycles. The van der Waals surface area contributed by atoms with E-state index >= 15 is 0 Å². The van der Waals surface area contributed by atoms with Crippen LogP contribution in [0.3, 0.4) is 0 Å². The van der Waals surface area contributed by atoms with Crippen molar-refractivity contribution in [3.8, 4) is 0 Å². The van der Waals surface area contributed by atoms with Gasteiger partial charge in [-0.15, -0.1) is 0 Å². The van der Waals surface area contributed by atoms with Crippen LogP contribution < -0.4 is 5.32 Å². The summed E-state index contributed by atoms with van der Waals surface area (Å²) in [6.07, 6.45) is 4.65. The van der Waals surface area contributed by atoms with E-state index in [1.54, 1.807) is 0 Å². The first kappa shape index (κ1) is 13.8. The van der Waals surface area contributed by atoms with Crippen molar-refractivity contribution in [1.82, 2.24) is 10.2 Å². The van der Waals surface area contributed by atoms with Gasteiger partial charge < -0.3 is 15.3 Å². The van der Waals surface area contributed by atoms with E-state index in [-0.39, 0.29) is 11.3 Å². The molecule has 0 aromatic carbocycles. The van der Waals surface area contributed by atoms with Gasteiger partial charge in [0.05, 0.1) is 11.0 Å². The zero-order chi connectivity index (χ0) is 13.2. The molecule has 0 saturated carbocycles. The van der Waals surface area contributed by atoms with Crippen molar-refractivity contribution in [2.24, 2.45) is 5.41 Å². The van der Waals surface area contributed by atoms with E-state index in [1.807, 2.05) is 11.8 Å². The summed E-state index contributed by atoms with van der Waals surface area (Å²) in [5.74, 6) is 0.259. The van der Waals surface area contributed by atoms with Gasteiger partial charge in [-0.2, -0.15) is 0 Å². The third-order valence-electron chi connectivity index (χ3n) is 4.39. The SMILES string of the molecule is CCCC1(C(=O)N2CCCC(C)(O)C2)CCNC1. The Morgan fingerprint density at radius 1 is 1.44 bits per heavy atom. The van der Waals surface area contributed by atoms with Crippen LogP contribution in [0, 0.1) is 5.41 Å². The number of hydrogen-bond donors (Lipinski definition) is 2. The van der Waals surface area contributed by atoms with Gasteiger partial charge in [0, 0.05) is 19.6 Å². The Kier molecular flexibility index (Phi) is 3.97. The number of piperidine rings is 1. The number of likely N-dealkylation sites (tertiary alicyclic amines) is 1. The van der Waals surface area contributed by atoms with Gasteiger partial charge in [0.1, 0.15) is 0 Å². The summed E-state index contributed by atoms with van der Waals surface area (Å²) in [6, 6.07) is 0. The molecule has 2 saturated heterocycles. The van der Waals surface area contributed by atoms with E-state index in [4.69, 9.17) is 0 Å². The summed E-state index contributed by atoms with van der Waals surface area (Å²) in [4.78, 5) is 14.7. The molecule has 0 aromatic rings. The number of aliphatic hydroxyl groups is 1. The normalized spacial score (nSPS) is 36.9. The molecule has 2 aliphatic heterocycles. The van der Waals surface area contributed by atoms with Crippen molar-refractivity contribution >= 4 is 5.91 Å². The second-order valence-corrected chi connectivity index (χ2v) is 6.28. The third kappa shape index (κ3) is 2.69. The fourth-order valence-corrected chi connectivity index (χ4v) is 3.45. The highest BCUT2D eigenvalue weighted by molar-refractivity contribution is 5.83. The van der Waals surface area contributed by atoms with E-state index in [0.29, 0.717) is 6.54 Å². The second-order valence-electron chi connectivity index (χ2n) is 6.28. The van der Waals surface area contributed by atoms with Crippen molar-refractivity contribution < 1.29 is 9.90 Å². The maximum atomic E-state index is 12.8. The molecule has 104 valence electrons. The molecule has 2 rings (SSSR count). The maximum Gasteiger partial charge on any atom is 0.230 e. The van der Waals surface area contributed by atoms with Gasteiger partial charge in [-0.1, -0.05) is 13.3 Å². The predicted octanol–water partition coefficient (Wildman–Crippen LogP) is 1.14. The average Bonchev–Trinajstić information content (AvgIpc) is 2.77. The smallest absolute Gasteiger partial charge is 0.230 e. The third-order valence-corrected chi connectivity index (χ3v) is 4.39. The first-order valence-corrected chi connectivity index (χ1v) is 7.22. The lowest BCUT2D eigenvalue weighted by molar-refractivity contribution is -0.148. The second kappa shape index (κ2) is 5.17. The van der Waals surface area contributed by atoms with E-state index in [0.717, 1.165) is 51.7 Å². The van der Waals surface area contributed by atoms with Gasteiger partial charge in [0.25, 0.3) is 0 Å². The summed E-state index contributed by atoms with van der Waals surface area (Å²) in [6.45, 7) is 7.03. The van der Waals surface area contributed by atoms with Gasteiger partial charge >= 0.3 is 0 Å².